The number of esters is 1. The fourth-order valence-corrected chi connectivity index (χ4v) is 3.64. The van der Waals surface area contributed by atoms with Gasteiger partial charge < -0.3 is 25.0 Å². The molecule has 1 atom stereocenters. The number of methoxy groups -OCH3 is 1. The van der Waals surface area contributed by atoms with E-state index in [0.29, 0.717) is 37.4 Å². The van der Waals surface area contributed by atoms with Gasteiger partial charge in [-0.2, -0.15) is 0 Å². The van der Waals surface area contributed by atoms with E-state index in [-0.39, 0.29) is 18.2 Å². The van der Waals surface area contributed by atoms with Gasteiger partial charge in [-0.15, -0.1) is 0 Å². The van der Waals surface area contributed by atoms with Gasteiger partial charge in [0.15, 0.2) is 0 Å². The minimum absolute atomic E-state index is 0.258. The van der Waals surface area contributed by atoms with Crippen molar-refractivity contribution < 1.29 is 28.2 Å². The second kappa shape index (κ2) is 9.56. The maximum atomic E-state index is 13.4. The number of amides is 3. The van der Waals surface area contributed by atoms with E-state index in [9.17, 15) is 18.8 Å². The first kappa shape index (κ1) is 23.5. The SMILES string of the molecule is COC(=O)C1=C(CN2CCN(C(=O)OC(C)(C)C)CC2)NC(=O)N[C@H]1c1ccc(F)cc1. The van der Waals surface area contributed by atoms with Crippen molar-refractivity contribution in [2.24, 2.45) is 0 Å². The number of halogens is 1. The molecule has 3 rings (SSSR count). The van der Waals surface area contributed by atoms with Gasteiger partial charge in [-0.05, 0) is 38.5 Å². The van der Waals surface area contributed by atoms with E-state index >= 15 is 0 Å². The standard InChI is InChI=1S/C22H29FN4O5/c1-22(2,3)32-21(30)27-11-9-26(10-12-27)13-16-17(19(28)31-4)18(25-20(29)24-16)14-5-7-15(23)8-6-14/h5-8,18H,9-13H2,1-4H3,(H2,24,25,29)/t18-/m0/s1. The highest BCUT2D eigenvalue weighted by molar-refractivity contribution is 5.95. The smallest absolute Gasteiger partial charge is 0.410 e. The molecule has 0 aliphatic carbocycles. The summed E-state index contributed by atoms with van der Waals surface area (Å²) in [6.45, 7) is 7.76. The van der Waals surface area contributed by atoms with Crippen LogP contribution in [0.25, 0.3) is 0 Å². The molecule has 0 unspecified atom stereocenters. The largest absolute Gasteiger partial charge is 0.466 e. The van der Waals surface area contributed by atoms with Crippen molar-refractivity contribution in [3.05, 3.63) is 46.9 Å². The van der Waals surface area contributed by atoms with Crippen molar-refractivity contribution >= 4 is 18.1 Å². The molecule has 9 nitrogen and oxygen atoms in total. The molecule has 1 fully saturated rings. The molecule has 3 amide bonds. The fourth-order valence-electron chi connectivity index (χ4n) is 3.64. The summed E-state index contributed by atoms with van der Waals surface area (Å²) in [6, 6.07) is 4.35. The maximum Gasteiger partial charge on any atom is 0.410 e. The number of carbonyl (C=O) groups excluding carboxylic acids is 3. The first-order valence-electron chi connectivity index (χ1n) is 10.4. The zero-order valence-electron chi connectivity index (χ0n) is 18.7. The molecule has 0 saturated carbocycles. The van der Waals surface area contributed by atoms with Gasteiger partial charge in [0.25, 0.3) is 0 Å². The van der Waals surface area contributed by atoms with Crippen LogP contribution in [0.4, 0.5) is 14.0 Å². The predicted molar refractivity (Wildman–Crippen MR) is 114 cm³/mol. The molecular weight excluding hydrogens is 419 g/mol. The molecule has 0 bridgehead atoms. The zero-order valence-corrected chi connectivity index (χ0v) is 18.7. The number of nitrogens with zero attached hydrogens (tertiary/aromatic N) is 2. The Balaban J connectivity index is 1.77. The third kappa shape index (κ3) is 5.76. The van der Waals surface area contributed by atoms with E-state index in [1.54, 1.807) is 4.90 Å². The average Bonchev–Trinajstić information content (AvgIpc) is 2.72. The van der Waals surface area contributed by atoms with Gasteiger partial charge in [0.2, 0.25) is 0 Å². The molecule has 0 spiro atoms. The highest BCUT2D eigenvalue weighted by atomic mass is 19.1. The number of nitrogens with one attached hydrogen (secondary N) is 2. The molecule has 10 heteroatoms. The first-order chi connectivity index (χ1) is 15.1. The molecule has 0 aromatic heterocycles. The normalized spacial score (nSPS) is 19.8. The van der Waals surface area contributed by atoms with Crippen molar-refractivity contribution in [1.82, 2.24) is 20.4 Å². The van der Waals surface area contributed by atoms with Crippen molar-refractivity contribution in [1.29, 1.82) is 0 Å². The number of carbonyl (C=O) groups is 3. The van der Waals surface area contributed by atoms with E-state index in [4.69, 9.17) is 9.47 Å². The van der Waals surface area contributed by atoms with Gasteiger partial charge in [0, 0.05) is 38.4 Å². The summed E-state index contributed by atoms with van der Waals surface area (Å²) in [7, 11) is 1.27. The van der Waals surface area contributed by atoms with E-state index in [0.717, 1.165) is 0 Å². The quantitative estimate of drug-likeness (QED) is 0.685. The van der Waals surface area contributed by atoms with Gasteiger partial charge in [-0.3, -0.25) is 4.90 Å². The van der Waals surface area contributed by atoms with Crippen LogP contribution in [-0.4, -0.2) is 73.3 Å². The van der Waals surface area contributed by atoms with Gasteiger partial charge in [-0.1, -0.05) is 12.1 Å². The van der Waals surface area contributed by atoms with Crippen LogP contribution < -0.4 is 10.6 Å². The summed E-state index contributed by atoms with van der Waals surface area (Å²) < 4.78 is 23.8. The molecule has 1 aromatic rings. The number of piperazine rings is 1. The number of hydrogen-bond acceptors (Lipinski definition) is 6. The highest BCUT2D eigenvalue weighted by Crippen LogP contribution is 2.28. The van der Waals surface area contributed by atoms with E-state index in [1.807, 2.05) is 25.7 Å². The molecule has 2 N–H and O–H groups in total. The summed E-state index contributed by atoms with van der Waals surface area (Å²) >= 11 is 0. The molecule has 174 valence electrons. The summed E-state index contributed by atoms with van der Waals surface area (Å²) in [6.07, 6.45) is -0.363. The van der Waals surface area contributed by atoms with Crippen LogP contribution >= 0.6 is 0 Å². The Morgan fingerprint density at radius 1 is 1.12 bits per heavy atom. The third-order valence-electron chi connectivity index (χ3n) is 5.17. The Hall–Kier alpha value is -3.14. The van der Waals surface area contributed by atoms with Crippen molar-refractivity contribution in [3.63, 3.8) is 0 Å². The monoisotopic (exact) mass is 448 g/mol. The minimum atomic E-state index is -0.769. The minimum Gasteiger partial charge on any atom is -0.466 e. The molecule has 2 aliphatic rings. The average molecular weight is 448 g/mol. The van der Waals surface area contributed by atoms with Gasteiger partial charge in [-0.25, -0.2) is 18.8 Å². The second-order valence-corrected chi connectivity index (χ2v) is 8.71. The van der Waals surface area contributed by atoms with Crippen LogP contribution in [-0.2, 0) is 14.3 Å². The van der Waals surface area contributed by atoms with E-state index in [2.05, 4.69) is 10.6 Å². The summed E-state index contributed by atoms with van der Waals surface area (Å²) in [5.74, 6) is -1.00. The molecule has 32 heavy (non-hydrogen) atoms. The zero-order chi connectivity index (χ0) is 23.5. The molecule has 0 radical (unpaired) electrons. The summed E-state index contributed by atoms with van der Waals surface area (Å²) in [5.41, 5.74) is 0.672. The van der Waals surface area contributed by atoms with Crippen molar-refractivity contribution in [2.75, 3.05) is 39.8 Å². The number of hydrogen-bond donors (Lipinski definition) is 2. The number of urea groups is 1. The Morgan fingerprint density at radius 3 is 2.31 bits per heavy atom. The van der Waals surface area contributed by atoms with E-state index < -0.39 is 29.5 Å². The summed E-state index contributed by atoms with van der Waals surface area (Å²) in [5, 5.41) is 5.42. The van der Waals surface area contributed by atoms with Crippen LogP contribution in [0.2, 0.25) is 0 Å². The van der Waals surface area contributed by atoms with Crippen LogP contribution in [0.1, 0.15) is 32.4 Å². The van der Waals surface area contributed by atoms with Crippen LogP contribution in [0.15, 0.2) is 35.5 Å². The highest BCUT2D eigenvalue weighted by Gasteiger charge is 2.35. The topological polar surface area (TPSA) is 100 Å². The molecule has 1 aromatic carbocycles. The number of benzene rings is 1. The lowest BCUT2D eigenvalue weighted by atomic mass is 9.95. The lowest BCUT2D eigenvalue weighted by molar-refractivity contribution is -0.136. The number of ether oxygens (including phenoxy) is 2. The van der Waals surface area contributed by atoms with Crippen LogP contribution in [0.3, 0.4) is 0 Å². The lowest BCUT2D eigenvalue weighted by Gasteiger charge is -2.37. The lowest BCUT2D eigenvalue weighted by Crippen LogP contribution is -2.53. The Kier molecular flexibility index (Phi) is 7.02. The first-order valence-corrected chi connectivity index (χ1v) is 10.4. The molecule has 2 aliphatic heterocycles. The summed E-state index contributed by atoms with van der Waals surface area (Å²) in [4.78, 5) is 40.9. The molecule has 1 saturated heterocycles. The van der Waals surface area contributed by atoms with Crippen LogP contribution in [0.5, 0.6) is 0 Å². The van der Waals surface area contributed by atoms with Gasteiger partial charge in [0.05, 0.1) is 18.7 Å². The van der Waals surface area contributed by atoms with Gasteiger partial charge in [0.1, 0.15) is 11.4 Å². The number of rotatable bonds is 4. The third-order valence-corrected chi connectivity index (χ3v) is 5.17. The van der Waals surface area contributed by atoms with Crippen molar-refractivity contribution in [2.45, 2.75) is 32.4 Å². The maximum absolute atomic E-state index is 13.4. The van der Waals surface area contributed by atoms with Gasteiger partial charge >= 0.3 is 18.1 Å². The Bertz CT molecular complexity index is 902. The Morgan fingerprint density at radius 2 is 1.75 bits per heavy atom. The molecule has 2 heterocycles. The fraction of sp³-hybridized carbons (Fsp3) is 0.500. The van der Waals surface area contributed by atoms with Crippen LogP contribution in [0, 0.1) is 5.82 Å². The van der Waals surface area contributed by atoms with E-state index in [1.165, 1.54) is 31.4 Å². The van der Waals surface area contributed by atoms with Crippen molar-refractivity contribution in [3.8, 4) is 0 Å². The predicted octanol–water partition coefficient (Wildman–Crippen LogP) is 2.16. The second-order valence-electron chi connectivity index (χ2n) is 8.71. The molecular formula is C22H29FN4O5. The Labute approximate surface area is 186 Å².